The minimum atomic E-state index is -0.503. The standard InChI is InChI=1S/C24H21N3O2S/c1-18(15-19-9-4-2-5-10-19)17-25-27-24(29)22(16-21-13-8-14-30-21)26-23(28)20-11-6-3-7-12-20/h2-17H,1H3,(H,26,28)(H,27,29)/b18-15+,22-16+,25-17+. The first-order chi connectivity index (χ1) is 14.6. The van der Waals surface area contributed by atoms with Crippen molar-refractivity contribution in [2.45, 2.75) is 6.92 Å². The molecule has 150 valence electrons. The SMILES string of the molecule is CC(/C=N/NC(=O)/C(=C\c1cccs1)NC(=O)c1ccccc1)=C\c1ccccc1. The van der Waals surface area contributed by atoms with Crippen LogP contribution < -0.4 is 10.7 Å². The topological polar surface area (TPSA) is 70.6 Å². The van der Waals surface area contributed by atoms with Gasteiger partial charge in [0.25, 0.3) is 11.8 Å². The van der Waals surface area contributed by atoms with Crippen LogP contribution in [0.15, 0.2) is 94.5 Å². The van der Waals surface area contributed by atoms with Gasteiger partial charge >= 0.3 is 0 Å². The average Bonchev–Trinajstić information content (AvgIpc) is 3.27. The molecule has 2 aromatic carbocycles. The molecule has 5 nitrogen and oxygen atoms in total. The van der Waals surface area contributed by atoms with Crippen LogP contribution in [0.25, 0.3) is 12.2 Å². The first-order valence-corrected chi connectivity index (χ1v) is 10.2. The van der Waals surface area contributed by atoms with E-state index >= 15 is 0 Å². The first-order valence-electron chi connectivity index (χ1n) is 9.30. The second-order valence-electron chi connectivity index (χ2n) is 6.39. The molecule has 0 saturated heterocycles. The van der Waals surface area contributed by atoms with E-state index in [4.69, 9.17) is 0 Å². The zero-order valence-corrected chi connectivity index (χ0v) is 17.2. The Kier molecular flexibility index (Phi) is 7.46. The van der Waals surface area contributed by atoms with Crippen molar-refractivity contribution >= 4 is 41.5 Å². The number of rotatable bonds is 7. The fraction of sp³-hybridized carbons (Fsp3) is 0.0417. The summed E-state index contributed by atoms with van der Waals surface area (Å²) in [6.07, 6.45) is 5.14. The van der Waals surface area contributed by atoms with Crippen LogP contribution in [0.4, 0.5) is 0 Å². The van der Waals surface area contributed by atoms with Gasteiger partial charge in [0.15, 0.2) is 0 Å². The molecular weight excluding hydrogens is 394 g/mol. The molecule has 3 aromatic rings. The van der Waals surface area contributed by atoms with E-state index in [0.717, 1.165) is 16.0 Å². The summed E-state index contributed by atoms with van der Waals surface area (Å²) in [5.74, 6) is -0.867. The molecule has 3 rings (SSSR count). The van der Waals surface area contributed by atoms with Gasteiger partial charge < -0.3 is 5.32 Å². The lowest BCUT2D eigenvalue weighted by Crippen LogP contribution is -2.32. The molecule has 0 radical (unpaired) electrons. The Morgan fingerprint density at radius 2 is 1.60 bits per heavy atom. The van der Waals surface area contributed by atoms with Crippen molar-refractivity contribution < 1.29 is 9.59 Å². The Bertz CT molecular complexity index is 1070. The normalized spacial score (nSPS) is 12.0. The molecule has 2 amide bonds. The molecule has 0 atom stereocenters. The molecule has 0 spiro atoms. The Labute approximate surface area is 179 Å². The minimum Gasteiger partial charge on any atom is -0.317 e. The number of carbonyl (C=O) groups is 2. The van der Waals surface area contributed by atoms with E-state index in [9.17, 15) is 9.59 Å². The van der Waals surface area contributed by atoms with E-state index in [-0.39, 0.29) is 11.6 Å². The lowest BCUT2D eigenvalue weighted by Gasteiger charge is -2.08. The van der Waals surface area contributed by atoms with Gasteiger partial charge in [-0.15, -0.1) is 11.3 Å². The van der Waals surface area contributed by atoms with E-state index in [2.05, 4.69) is 15.8 Å². The Hall–Kier alpha value is -3.77. The van der Waals surface area contributed by atoms with Gasteiger partial charge in [-0.3, -0.25) is 9.59 Å². The van der Waals surface area contributed by atoms with Crippen molar-refractivity contribution in [1.82, 2.24) is 10.7 Å². The van der Waals surface area contributed by atoms with Crippen LogP contribution in [0.2, 0.25) is 0 Å². The Morgan fingerprint density at radius 1 is 0.900 bits per heavy atom. The lowest BCUT2D eigenvalue weighted by atomic mass is 10.1. The first kappa shape index (κ1) is 21.0. The third-order valence-electron chi connectivity index (χ3n) is 3.99. The summed E-state index contributed by atoms with van der Waals surface area (Å²) >= 11 is 1.47. The van der Waals surface area contributed by atoms with Crippen molar-refractivity contribution in [3.63, 3.8) is 0 Å². The minimum absolute atomic E-state index is 0.119. The van der Waals surface area contributed by atoms with Gasteiger partial charge in [0.05, 0.1) is 6.21 Å². The summed E-state index contributed by atoms with van der Waals surface area (Å²) < 4.78 is 0. The molecule has 0 aliphatic rings. The van der Waals surface area contributed by atoms with E-state index in [1.807, 2.05) is 66.9 Å². The second kappa shape index (κ2) is 10.7. The highest BCUT2D eigenvalue weighted by Crippen LogP contribution is 2.13. The van der Waals surface area contributed by atoms with Crippen LogP contribution in [-0.2, 0) is 4.79 Å². The van der Waals surface area contributed by atoms with Gasteiger partial charge in [0.2, 0.25) is 0 Å². The maximum atomic E-state index is 12.7. The maximum Gasteiger partial charge on any atom is 0.287 e. The number of allylic oxidation sites excluding steroid dienone is 1. The number of thiophene rings is 1. The van der Waals surface area contributed by atoms with Gasteiger partial charge in [0.1, 0.15) is 5.70 Å². The number of hydrogen-bond donors (Lipinski definition) is 2. The van der Waals surface area contributed by atoms with Crippen molar-refractivity contribution in [3.8, 4) is 0 Å². The fourth-order valence-electron chi connectivity index (χ4n) is 2.56. The molecule has 6 heteroatoms. The molecule has 2 N–H and O–H groups in total. The fourth-order valence-corrected chi connectivity index (χ4v) is 3.22. The van der Waals surface area contributed by atoms with Crippen LogP contribution in [0, 0.1) is 0 Å². The number of nitrogens with zero attached hydrogens (tertiary/aromatic N) is 1. The van der Waals surface area contributed by atoms with E-state index < -0.39 is 5.91 Å². The number of hydrogen-bond acceptors (Lipinski definition) is 4. The molecule has 30 heavy (non-hydrogen) atoms. The predicted molar refractivity (Wildman–Crippen MR) is 123 cm³/mol. The van der Waals surface area contributed by atoms with Gasteiger partial charge in [-0.2, -0.15) is 5.10 Å². The number of amides is 2. The quantitative estimate of drug-likeness (QED) is 0.333. The molecule has 0 aliphatic heterocycles. The largest absolute Gasteiger partial charge is 0.317 e. The number of hydrazone groups is 1. The molecule has 0 bridgehead atoms. The Morgan fingerprint density at radius 3 is 2.27 bits per heavy atom. The highest BCUT2D eigenvalue weighted by molar-refractivity contribution is 7.10. The van der Waals surface area contributed by atoms with Crippen LogP contribution in [-0.4, -0.2) is 18.0 Å². The van der Waals surface area contributed by atoms with Crippen LogP contribution in [0.5, 0.6) is 0 Å². The smallest absolute Gasteiger partial charge is 0.287 e. The summed E-state index contributed by atoms with van der Waals surface area (Å²) in [6.45, 7) is 1.89. The maximum absolute atomic E-state index is 12.7. The van der Waals surface area contributed by atoms with Crippen LogP contribution >= 0.6 is 11.3 Å². The summed E-state index contributed by atoms with van der Waals surface area (Å²) in [6, 6.07) is 22.3. The summed E-state index contributed by atoms with van der Waals surface area (Å²) in [5, 5.41) is 8.59. The predicted octanol–water partition coefficient (Wildman–Crippen LogP) is 4.72. The average molecular weight is 416 g/mol. The molecule has 0 saturated carbocycles. The molecule has 1 aromatic heterocycles. The molecule has 1 heterocycles. The summed E-state index contributed by atoms with van der Waals surface area (Å²) in [5.41, 5.74) is 4.98. The zero-order valence-electron chi connectivity index (χ0n) is 16.4. The van der Waals surface area contributed by atoms with Gasteiger partial charge in [-0.05, 0) is 47.7 Å². The molecular formula is C24H21N3O2S. The van der Waals surface area contributed by atoms with Crippen molar-refractivity contribution in [2.75, 3.05) is 0 Å². The third kappa shape index (κ3) is 6.39. The molecule has 0 unspecified atom stereocenters. The van der Waals surface area contributed by atoms with Crippen LogP contribution in [0.1, 0.15) is 27.7 Å². The van der Waals surface area contributed by atoms with Gasteiger partial charge in [-0.1, -0.05) is 60.7 Å². The van der Waals surface area contributed by atoms with E-state index in [1.165, 1.54) is 11.3 Å². The summed E-state index contributed by atoms with van der Waals surface area (Å²) in [4.78, 5) is 26.0. The number of benzene rings is 2. The lowest BCUT2D eigenvalue weighted by molar-refractivity contribution is -0.117. The van der Waals surface area contributed by atoms with E-state index in [1.54, 1.807) is 36.6 Å². The van der Waals surface area contributed by atoms with Crippen LogP contribution in [0.3, 0.4) is 0 Å². The highest BCUT2D eigenvalue weighted by Gasteiger charge is 2.14. The Balaban J connectivity index is 1.71. The molecule has 0 fully saturated rings. The van der Waals surface area contributed by atoms with Gasteiger partial charge in [-0.25, -0.2) is 5.43 Å². The van der Waals surface area contributed by atoms with E-state index in [0.29, 0.717) is 5.56 Å². The van der Waals surface area contributed by atoms with Gasteiger partial charge in [0, 0.05) is 10.4 Å². The van der Waals surface area contributed by atoms with Crippen molar-refractivity contribution in [1.29, 1.82) is 0 Å². The second-order valence-corrected chi connectivity index (χ2v) is 7.37. The molecule has 0 aliphatic carbocycles. The number of nitrogens with one attached hydrogen (secondary N) is 2. The van der Waals surface area contributed by atoms with Crippen molar-refractivity contribution in [3.05, 3.63) is 105 Å². The monoisotopic (exact) mass is 415 g/mol. The highest BCUT2D eigenvalue weighted by atomic mass is 32.1. The zero-order chi connectivity index (χ0) is 21.2. The summed E-state index contributed by atoms with van der Waals surface area (Å²) in [7, 11) is 0. The van der Waals surface area contributed by atoms with Crippen molar-refractivity contribution in [2.24, 2.45) is 5.10 Å². The third-order valence-corrected chi connectivity index (χ3v) is 4.81. The number of carbonyl (C=O) groups excluding carboxylic acids is 2.